The lowest BCUT2D eigenvalue weighted by Gasteiger charge is -2.31. The van der Waals surface area contributed by atoms with Gasteiger partial charge in [-0.15, -0.1) is 0 Å². The van der Waals surface area contributed by atoms with E-state index in [-0.39, 0.29) is 23.6 Å². The summed E-state index contributed by atoms with van der Waals surface area (Å²) < 4.78 is 14.0. The Morgan fingerprint density at radius 2 is 1.79 bits per heavy atom. The van der Waals surface area contributed by atoms with Crippen LogP contribution in [0.3, 0.4) is 0 Å². The molecular formula is C34H32N4O4S. The van der Waals surface area contributed by atoms with Gasteiger partial charge in [-0.25, -0.2) is 4.98 Å². The van der Waals surface area contributed by atoms with Crippen molar-refractivity contribution in [3.8, 4) is 0 Å². The number of rotatable bonds is 9. The van der Waals surface area contributed by atoms with Gasteiger partial charge in [-0.3, -0.25) is 14.5 Å². The summed E-state index contributed by atoms with van der Waals surface area (Å²) in [4.78, 5) is 34.4. The van der Waals surface area contributed by atoms with Gasteiger partial charge in [-0.1, -0.05) is 54.9 Å². The molecule has 3 aromatic heterocycles. The third-order valence-electron chi connectivity index (χ3n) is 8.23. The highest BCUT2D eigenvalue weighted by atomic mass is 32.2. The number of aryl methyl sites for hydroxylation is 1. The van der Waals surface area contributed by atoms with Crippen molar-refractivity contribution in [3.05, 3.63) is 90.9 Å². The lowest BCUT2D eigenvalue weighted by Crippen LogP contribution is -2.46. The second-order valence-electron chi connectivity index (χ2n) is 10.9. The molecule has 3 heterocycles. The number of fused-ring (bicyclic) bond motifs is 4. The van der Waals surface area contributed by atoms with Crippen LogP contribution in [0.1, 0.15) is 44.4 Å². The van der Waals surface area contributed by atoms with Gasteiger partial charge in [0.2, 0.25) is 5.91 Å². The maximum atomic E-state index is 14.3. The van der Waals surface area contributed by atoms with Gasteiger partial charge in [0.25, 0.3) is 11.1 Å². The Bertz CT molecular complexity index is 1890. The summed E-state index contributed by atoms with van der Waals surface area (Å²) in [5.41, 5.74) is 4.22. The molecule has 7 rings (SSSR count). The van der Waals surface area contributed by atoms with Crippen molar-refractivity contribution in [1.29, 1.82) is 0 Å². The van der Waals surface area contributed by atoms with Gasteiger partial charge >= 0.3 is 0 Å². The number of anilines is 1. The molecule has 0 radical (unpaired) electrons. The minimum absolute atomic E-state index is 0.0233. The third kappa shape index (κ3) is 5.18. The largest absolute Gasteiger partial charge is 0.467 e. The smallest absolute Gasteiger partial charge is 0.257 e. The van der Waals surface area contributed by atoms with Crippen LogP contribution in [0.15, 0.2) is 99.2 Å². The minimum Gasteiger partial charge on any atom is -0.467 e. The number of carbonyl (C=O) groups is 2. The van der Waals surface area contributed by atoms with E-state index in [1.165, 1.54) is 11.8 Å². The quantitative estimate of drug-likeness (QED) is 0.175. The first kappa shape index (κ1) is 27.3. The average molecular weight is 593 g/mol. The lowest BCUT2D eigenvalue weighted by molar-refractivity contribution is -0.126. The highest BCUT2D eigenvalue weighted by Crippen LogP contribution is 2.36. The van der Waals surface area contributed by atoms with Crippen LogP contribution < -0.4 is 10.2 Å². The van der Waals surface area contributed by atoms with Crippen LogP contribution in [0.25, 0.3) is 32.9 Å². The topological polar surface area (TPSA) is 93.5 Å². The molecule has 6 aromatic rings. The Morgan fingerprint density at radius 3 is 2.58 bits per heavy atom. The monoisotopic (exact) mass is 592 g/mol. The first-order valence-electron chi connectivity index (χ1n) is 14.8. The van der Waals surface area contributed by atoms with Gasteiger partial charge in [0.1, 0.15) is 11.3 Å². The standard InChI is InChI=1S/C34H32N4O4S/c1-2-37-27-14-7-5-12-24(27)25-20-23(17-18-28(25)37)38(31(39)21-43-34-36-26-13-6-8-15-29(26)42-34)32(30-16-9-19-41-30)33(40)35-22-10-3-4-11-22/h5-9,12-20,22,32H,2-4,10-11,21H2,1H3,(H,35,40). The molecule has 218 valence electrons. The van der Waals surface area contributed by atoms with Crippen molar-refractivity contribution in [2.75, 3.05) is 10.7 Å². The van der Waals surface area contributed by atoms with Crippen molar-refractivity contribution >= 4 is 62.2 Å². The summed E-state index contributed by atoms with van der Waals surface area (Å²) in [6.07, 6.45) is 5.57. The van der Waals surface area contributed by atoms with Crippen LogP contribution in [0, 0.1) is 0 Å². The Kier molecular flexibility index (Phi) is 7.40. The number of oxazole rings is 1. The molecule has 1 aliphatic rings. The van der Waals surface area contributed by atoms with Crippen LogP contribution >= 0.6 is 11.8 Å². The number of aromatic nitrogens is 2. The second kappa shape index (κ2) is 11.6. The zero-order chi connectivity index (χ0) is 29.3. The third-order valence-corrected chi connectivity index (χ3v) is 9.05. The zero-order valence-electron chi connectivity index (χ0n) is 23.9. The van der Waals surface area contributed by atoms with E-state index in [0.717, 1.165) is 59.6 Å². The van der Waals surface area contributed by atoms with Gasteiger partial charge < -0.3 is 18.7 Å². The normalized spacial score (nSPS) is 14.5. The number of furan rings is 1. The fourth-order valence-corrected chi connectivity index (χ4v) is 6.94. The molecular weight excluding hydrogens is 560 g/mol. The van der Waals surface area contributed by atoms with Gasteiger partial charge in [-0.2, -0.15) is 0 Å². The molecule has 2 amide bonds. The molecule has 3 aromatic carbocycles. The Morgan fingerprint density at radius 1 is 1.00 bits per heavy atom. The summed E-state index contributed by atoms with van der Waals surface area (Å²) in [5, 5.41) is 5.73. The van der Waals surface area contributed by atoms with Gasteiger partial charge in [0.05, 0.1) is 12.0 Å². The van der Waals surface area contributed by atoms with E-state index in [4.69, 9.17) is 8.83 Å². The molecule has 1 unspecified atom stereocenters. The van der Waals surface area contributed by atoms with Crippen molar-refractivity contribution in [1.82, 2.24) is 14.9 Å². The zero-order valence-corrected chi connectivity index (χ0v) is 24.7. The summed E-state index contributed by atoms with van der Waals surface area (Å²) in [6.45, 7) is 2.94. The summed E-state index contributed by atoms with van der Waals surface area (Å²) in [5.74, 6) is -0.0751. The lowest BCUT2D eigenvalue weighted by atomic mass is 10.1. The molecule has 1 N–H and O–H groups in total. The molecule has 0 bridgehead atoms. The molecule has 1 atom stereocenters. The highest BCUT2D eigenvalue weighted by Gasteiger charge is 2.36. The van der Waals surface area contributed by atoms with Crippen LogP contribution in [0.4, 0.5) is 5.69 Å². The number of hydrogen-bond acceptors (Lipinski definition) is 6. The van der Waals surface area contributed by atoms with Crippen LogP contribution in [-0.4, -0.2) is 33.2 Å². The number of amides is 2. The minimum atomic E-state index is -0.982. The van der Waals surface area contributed by atoms with E-state index in [2.05, 4.69) is 33.9 Å². The predicted molar refractivity (Wildman–Crippen MR) is 169 cm³/mol. The van der Waals surface area contributed by atoms with E-state index in [1.807, 2.05) is 54.6 Å². The van der Waals surface area contributed by atoms with E-state index >= 15 is 0 Å². The number of nitrogens with one attached hydrogen (secondary N) is 1. The molecule has 1 fully saturated rings. The Hall–Kier alpha value is -4.50. The maximum absolute atomic E-state index is 14.3. The molecule has 0 spiro atoms. The number of carbonyl (C=O) groups excluding carboxylic acids is 2. The molecule has 1 aliphatic carbocycles. The number of hydrogen-bond donors (Lipinski definition) is 1. The van der Waals surface area contributed by atoms with Crippen molar-refractivity contribution < 1.29 is 18.4 Å². The fraction of sp³-hybridized carbons (Fsp3) is 0.265. The van der Waals surface area contributed by atoms with Crippen LogP contribution in [0.5, 0.6) is 0 Å². The molecule has 43 heavy (non-hydrogen) atoms. The van der Waals surface area contributed by atoms with E-state index in [9.17, 15) is 9.59 Å². The van der Waals surface area contributed by atoms with Crippen molar-refractivity contribution in [3.63, 3.8) is 0 Å². The second-order valence-corrected chi connectivity index (χ2v) is 11.8. The maximum Gasteiger partial charge on any atom is 0.257 e. The van der Waals surface area contributed by atoms with Crippen molar-refractivity contribution in [2.45, 2.75) is 56.5 Å². The number of benzene rings is 3. The van der Waals surface area contributed by atoms with Gasteiger partial charge in [0, 0.05) is 40.1 Å². The summed E-state index contributed by atoms with van der Waals surface area (Å²) in [6, 6.07) is 24.4. The highest BCUT2D eigenvalue weighted by molar-refractivity contribution is 7.99. The molecule has 8 nitrogen and oxygen atoms in total. The molecule has 0 aliphatic heterocycles. The first-order valence-corrected chi connectivity index (χ1v) is 15.7. The summed E-state index contributed by atoms with van der Waals surface area (Å²) in [7, 11) is 0. The van der Waals surface area contributed by atoms with E-state index in [1.54, 1.807) is 23.3 Å². The molecule has 1 saturated carbocycles. The van der Waals surface area contributed by atoms with Crippen LogP contribution in [-0.2, 0) is 16.1 Å². The Balaban J connectivity index is 1.31. The number of nitrogens with zero attached hydrogens (tertiary/aromatic N) is 3. The molecule has 0 saturated heterocycles. The Labute approximate surface area is 253 Å². The number of thioether (sulfide) groups is 1. The SMILES string of the molecule is CCn1c2ccccc2c2cc(N(C(=O)CSc3nc4ccccc4o3)C(C(=O)NC3CCCC3)c3ccco3)ccc21. The van der Waals surface area contributed by atoms with Crippen molar-refractivity contribution in [2.24, 2.45) is 0 Å². The van der Waals surface area contributed by atoms with Gasteiger partial charge in [0.15, 0.2) is 11.6 Å². The first-order chi connectivity index (χ1) is 21.1. The average Bonchev–Trinajstić information content (AvgIpc) is 3.85. The molecule has 9 heteroatoms. The predicted octanol–water partition coefficient (Wildman–Crippen LogP) is 7.47. The number of para-hydroxylation sites is 3. The summed E-state index contributed by atoms with van der Waals surface area (Å²) >= 11 is 1.22. The van der Waals surface area contributed by atoms with E-state index < -0.39 is 6.04 Å². The fourth-order valence-electron chi connectivity index (χ4n) is 6.25. The van der Waals surface area contributed by atoms with Crippen LogP contribution in [0.2, 0.25) is 0 Å². The van der Waals surface area contributed by atoms with Gasteiger partial charge in [-0.05, 0) is 68.3 Å². The van der Waals surface area contributed by atoms with E-state index in [0.29, 0.717) is 22.3 Å².